The SMILES string of the molecule is CC(=O)C(C)NC(=O)c1cccc(I)c1. The molecule has 0 aliphatic carbocycles. The van der Waals surface area contributed by atoms with Gasteiger partial charge in [0, 0.05) is 9.13 Å². The van der Waals surface area contributed by atoms with Crippen LogP contribution in [0.4, 0.5) is 0 Å². The maximum Gasteiger partial charge on any atom is 0.251 e. The highest BCUT2D eigenvalue weighted by Gasteiger charge is 2.12. The molecule has 1 unspecified atom stereocenters. The number of nitrogens with one attached hydrogen (secondary N) is 1. The molecule has 0 spiro atoms. The molecule has 1 aromatic rings. The summed E-state index contributed by atoms with van der Waals surface area (Å²) >= 11 is 2.14. The largest absolute Gasteiger partial charge is 0.343 e. The number of amides is 1. The predicted octanol–water partition coefficient (Wildman–Crippen LogP) is 2.00. The van der Waals surface area contributed by atoms with Crippen molar-refractivity contribution in [3.05, 3.63) is 33.4 Å². The summed E-state index contributed by atoms with van der Waals surface area (Å²) in [4.78, 5) is 22.6. The standard InChI is InChI=1S/C11H12INO2/c1-7(8(2)14)13-11(15)9-4-3-5-10(12)6-9/h3-7H,1-2H3,(H,13,15). The van der Waals surface area contributed by atoms with E-state index >= 15 is 0 Å². The highest BCUT2D eigenvalue weighted by molar-refractivity contribution is 14.1. The molecule has 0 bridgehead atoms. The van der Waals surface area contributed by atoms with Crippen LogP contribution in [0.2, 0.25) is 0 Å². The van der Waals surface area contributed by atoms with Gasteiger partial charge in [0.05, 0.1) is 6.04 Å². The minimum Gasteiger partial charge on any atom is -0.343 e. The molecule has 1 aromatic carbocycles. The van der Waals surface area contributed by atoms with Crippen LogP contribution in [0.1, 0.15) is 24.2 Å². The number of rotatable bonds is 3. The number of halogens is 1. The zero-order valence-corrected chi connectivity index (χ0v) is 10.7. The first-order valence-corrected chi connectivity index (χ1v) is 5.65. The second kappa shape index (κ2) is 5.25. The Morgan fingerprint density at radius 1 is 1.40 bits per heavy atom. The number of hydrogen-bond donors (Lipinski definition) is 1. The van der Waals surface area contributed by atoms with E-state index in [1.54, 1.807) is 19.1 Å². The molecular formula is C11H12INO2. The first-order chi connectivity index (χ1) is 7.00. The van der Waals surface area contributed by atoms with Gasteiger partial charge in [-0.3, -0.25) is 9.59 Å². The number of Topliss-reactive ketones (excluding diaryl/α,β-unsaturated/α-hetero) is 1. The summed E-state index contributed by atoms with van der Waals surface area (Å²) < 4.78 is 0.996. The summed E-state index contributed by atoms with van der Waals surface area (Å²) in [5, 5.41) is 2.63. The second-order valence-corrected chi connectivity index (χ2v) is 4.56. The van der Waals surface area contributed by atoms with Crippen LogP contribution < -0.4 is 5.32 Å². The Kier molecular flexibility index (Phi) is 4.26. The van der Waals surface area contributed by atoms with Gasteiger partial charge >= 0.3 is 0 Å². The van der Waals surface area contributed by atoms with Crippen LogP contribution in [-0.2, 0) is 4.79 Å². The topological polar surface area (TPSA) is 46.2 Å². The van der Waals surface area contributed by atoms with E-state index in [1.165, 1.54) is 6.92 Å². The van der Waals surface area contributed by atoms with Gasteiger partial charge in [0.25, 0.3) is 5.91 Å². The van der Waals surface area contributed by atoms with E-state index in [-0.39, 0.29) is 11.7 Å². The third kappa shape index (κ3) is 3.62. The summed E-state index contributed by atoms with van der Waals surface area (Å²) in [6.07, 6.45) is 0. The lowest BCUT2D eigenvalue weighted by molar-refractivity contribution is -0.118. The molecule has 1 amide bonds. The highest BCUT2D eigenvalue weighted by atomic mass is 127. The van der Waals surface area contributed by atoms with Gasteiger partial charge in [0.1, 0.15) is 0 Å². The first-order valence-electron chi connectivity index (χ1n) is 4.57. The highest BCUT2D eigenvalue weighted by Crippen LogP contribution is 2.07. The summed E-state index contributed by atoms with van der Waals surface area (Å²) in [6.45, 7) is 3.13. The summed E-state index contributed by atoms with van der Waals surface area (Å²) in [5.74, 6) is -0.259. The Balaban J connectivity index is 2.73. The molecule has 1 atom stereocenters. The zero-order chi connectivity index (χ0) is 11.4. The average molecular weight is 317 g/mol. The van der Waals surface area contributed by atoms with Crippen LogP contribution >= 0.6 is 22.6 Å². The lowest BCUT2D eigenvalue weighted by atomic mass is 10.2. The smallest absolute Gasteiger partial charge is 0.251 e. The first kappa shape index (κ1) is 12.2. The van der Waals surface area contributed by atoms with E-state index in [0.717, 1.165) is 3.57 Å². The zero-order valence-electron chi connectivity index (χ0n) is 8.58. The fourth-order valence-corrected chi connectivity index (χ4v) is 1.55. The number of ketones is 1. The fraction of sp³-hybridized carbons (Fsp3) is 0.273. The van der Waals surface area contributed by atoms with Crippen molar-refractivity contribution in [3.8, 4) is 0 Å². The van der Waals surface area contributed by atoms with Crippen molar-refractivity contribution < 1.29 is 9.59 Å². The third-order valence-electron chi connectivity index (χ3n) is 2.04. The molecule has 0 heterocycles. The van der Waals surface area contributed by atoms with Crippen molar-refractivity contribution in [1.29, 1.82) is 0 Å². The minimum atomic E-state index is -0.435. The van der Waals surface area contributed by atoms with Crippen molar-refractivity contribution in [2.45, 2.75) is 19.9 Å². The quantitative estimate of drug-likeness (QED) is 0.867. The fourth-order valence-electron chi connectivity index (χ4n) is 1.01. The molecule has 0 saturated heterocycles. The van der Waals surface area contributed by atoms with E-state index in [1.807, 2.05) is 12.1 Å². The van der Waals surface area contributed by atoms with Gasteiger partial charge in [-0.25, -0.2) is 0 Å². The molecule has 0 aliphatic heterocycles. The Morgan fingerprint density at radius 3 is 2.60 bits per heavy atom. The van der Waals surface area contributed by atoms with Crippen LogP contribution in [0.15, 0.2) is 24.3 Å². The lowest BCUT2D eigenvalue weighted by Gasteiger charge is -2.10. The van der Waals surface area contributed by atoms with E-state index in [9.17, 15) is 9.59 Å². The number of carbonyl (C=O) groups excluding carboxylic acids is 2. The molecule has 15 heavy (non-hydrogen) atoms. The van der Waals surface area contributed by atoms with Crippen LogP contribution in [-0.4, -0.2) is 17.7 Å². The van der Waals surface area contributed by atoms with Crippen molar-refractivity contribution in [3.63, 3.8) is 0 Å². The molecule has 1 rings (SSSR count). The molecular weight excluding hydrogens is 305 g/mol. The number of hydrogen-bond acceptors (Lipinski definition) is 2. The Labute approximate surface area is 102 Å². The van der Waals surface area contributed by atoms with Crippen molar-refractivity contribution in [2.24, 2.45) is 0 Å². The average Bonchev–Trinajstić information content (AvgIpc) is 2.17. The van der Waals surface area contributed by atoms with E-state index < -0.39 is 6.04 Å². The van der Waals surface area contributed by atoms with E-state index in [4.69, 9.17) is 0 Å². The maximum absolute atomic E-state index is 11.6. The third-order valence-corrected chi connectivity index (χ3v) is 2.72. The molecule has 0 saturated carbocycles. The van der Waals surface area contributed by atoms with E-state index in [0.29, 0.717) is 5.56 Å². The number of carbonyl (C=O) groups is 2. The van der Waals surface area contributed by atoms with Crippen molar-refractivity contribution in [2.75, 3.05) is 0 Å². The second-order valence-electron chi connectivity index (χ2n) is 3.32. The number of benzene rings is 1. The van der Waals surface area contributed by atoms with Crippen LogP contribution in [0.25, 0.3) is 0 Å². The predicted molar refractivity (Wildman–Crippen MR) is 66.8 cm³/mol. The molecule has 80 valence electrons. The Hall–Kier alpha value is -0.910. The van der Waals surface area contributed by atoms with Crippen LogP contribution in [0.3, 0.4) is 0 Å². The van der Waals surface area contributed by atoms with Crippen molar-refractivity contribution >= 4 is 34.3 Å². The van der Waals surface area contributed by atoms with Crippen LogP contribution in [0, 0.1) is 3.57 Å². The Bertz CT molecular complexity index is 390. The van der Waals surface area contributed by atoms with Gasteiger partial charge in [-0.05, 0) is 54.6 Å². The lowest BCUT2D eigenvalue weighted by Crippen LogP contribution is -2.37. The monoisotopic (exact) mass is 317 g/mol. The molecule has 1 N–H and O–H groups in total. The molecule has 3 nitrogen and oxygen atoms in total. The molecule has 0 radical (unpaired) electrons. The molecule has 0 aliphatic rings. The van der Waals surface area contributed by atoms with Crippen molar-refractivity contribution in [1.82, 2.24) is 5.32 Å². The Morgan fingerprint density at radius 2 is 2.07 bits per heavy atom. The summed E-state index contributed by atoms with van der Waals surface area (Å²) in [7, 11) is 0. The van der Waals surface area contributed by atoms with Gasteiger partial charge in [0.15, 0.2) is 5.78 Å². The van der Waals surface area contributed by atoms with E-state index in [2.05, 4.69) is 27.9 Å². The molecule has 0 aromatic heterocycles. The summed E-state index contributed by atoms with van der Waals surface area (Å²) in [6, 6.07) is 6.80. The van der Waals surface area contributed by atoms with Gasteiger partial charge in [-0.1, -0.05) is 6.07 Å². The normalized spacial score (nSPS) is 11.9. The minimum absolute atomic E-state index is 0.0472. The van der Waals surface area contributed by atoms with Gasteiger partial charge < -0.3 is 5.32 Å². The van der Waals surface area contributed by atoms with Crippen LogP contribution in [0.5, 0.6) is 0 Å². The van der Waals surface area contributed by atoms with Gasteiger partial charge in [-0.15, -0.1) is 0 Å². The van der Waals surface area contributed by atoms with Gasteiger partial charge in [-0.2, -0.15) is 0 Å². The van der Waals surface area contributed by atoms with Gasteiger partial charge in [0.2, 0.25) is 0 Å². The maximum atomic E-state index is 11.6. The molecule has 0 fully saturated rings. The molecule has 4 heteroatoms. The summed E-state index contributed by atoms with van der Waals surface area (Å²) in [5.41, 5.74) is 0.579.